The van der Waals surface area contributed by atoms with Gasteiger partial charge >= 0.3 is 6.03 Å². The molecule has 1 saturated heterocycles. The van der Waals surface area contributed by atoms with E-state index in [4.69, 9.17) is 11.6 Å². The minimum Gasteiger partial charge on any atom is -0.330 e. The van der Waals surface area contributed by atoms with Crippen molar-refractivity contribution in [1.29, 1.82) is 0 Å². The van der Waals surface area contributed by atoms with Crippen LogP contribution in [0.1, 0.15) is 29.7 Å². The number of hydrogen-bond donors (Lipinski definition) is 1. The number of likely N-dealkylation sites (N-methyl/N-ethyl adjacent to an activating group) is 1. The van der Waals surface area contributed by atoms with Crippen LogP contribution in [-0.2, 0) is 4.79 Å². The van der Waals surface area contributed by atoms with Crippen LogP contribution in [0, 0.1) is 6.92 Å². The number of nitrogens with one attached hydrogen (secondary N) is 1. The molecule has 2 aromatic carbocycles. The van der Waals surface area contributed by atoms with E-state index in [1.54, 1.807) is 12.1 Å². The van der Waals surface area contributed by atoms with Gasteiger partial charge in [-0.3, -0.25) is 9.69 Å². The second kappa shape index (κ2) is 9.30. The number of piperazine rings is 1. The van der Waals surface area contributed by atoms with Gasteiger partial charge in [0.15, 0.2) is 0 Å². The Balaban J connectivity index is 1.56. The number of nitrogens with zero attached hydrogens (tertiary/aromatic N) is 4. The van der Waals surface area contributed by atoms with Crippen molar-refractivity contribution < 1.29 is 9.59 Å². The second-order valence-electron chi connectivity index (χ2n) is 8.50. The van der Waals surface area contributed by atoms with Gasteiger partial charge in [-0.2, -0.15) is 5.10 Å². The molecular formula is C24H28ClN5O2. The number of hydrazone groups is 1. The summed E-state index contributed by atoms with van der Waals surface area (Å²) < 4.78 is 0. The Labute approximate surface area is 193 Å². The molecule has 3 amide bonds. The Kier molecular flexibility index (Phi) is 6.48. The molecule has 2 aromatic rings. The summed E-state index contributed by atoms with van der Waals surface area (Å²) in [6.07, 6.45) is 0. The van der Waals surface area contributed by atoms with Gasteiger partial charge in [0.2, 0.25) is 5.91 Å². The number of carbonyl (C=O) groups excluding carboxylic acids is 2. The third-order valence-corrected chi connectivity index (χ3v) is 6.26. The monoisotopic (exact) mass is 453 g/mol. The van der Waals surface area contributed by atoms with Crippen LogP contribution in [0.5, 0.6) is 0 Å². The lowest BCUT2D eigenvalue weighted by Crippen LogP contribution is -2.56. The number of hydrogen-bond acceptors (Lipinski definition) is 4. The standard InChI is InChI=1S/C24H28ClN5O2/c1-16-4-6-19(7-5-16)23-21(29-13-12-28(3)15-22(29)31)14-30(27-23)24(32)26-17(2)18-8-10-20(25)11-9-18/h4-11,17,21H,12-15H2,1-3H3,(H,26,32)/t17?,21-/m0/s1. The van der Waals surface area contributed by atoms with Gasteiger partial charge in [-0.1, -0.05) is 53.6 Å². The van der Waals surface area contributed by atoms with Gasteiger partial charge in [-0.25, -0.2) is 9.80 Å². The van der Waals surface area contributed by atoms with Gasteiger partial charge in [0.05, 0.1) is 30.9 Å². The van der Waals surface area contributed by atoms with E-state index < -0.39 is 0 Å². The van der Waals surface area contributed by atoms with Crippen molar-refractivity contribution in [3.05, 3.63) is 70.2 Å². The Hall–Kier alpha value is -2.90. The van der Waals surface area contributed by atoms with Gasteiger partial charge in [-0.15, -0.1) is 0 Å². The molecule has 2 aliphatic rings. The summed E-state index contributed by atoms with van der Waals surface area (Å²) in [6, 6.07) is 14.7. The highest BCUT2D eigenvalue weighted by Gasteiger charge is 2.39. The van der Waals surface area contributed by atoms with E-state index in [-0.39, 0.29) is 24.0 Å². The molecule has 4 rings (SSSR count). The maximum Gasteiger partial charge on any atom is 0.338 e. The highest BCUT2D eigenvalue weighted by Crippen LogP contribution is 2.23. The van der Waals surface area contributed by atoms with Crippen LogP contribution in [0.3, 0.4) is 0 Å². The summed E-state index contributed by atoms with van der Waals surface area (Å²) in [5.41, 5.74) is 3.77. The summed E-state index contributed by atoms with van der Waals surface area (Å²) >= 11 is 5.97. The lowest BCUT2D eigenvalue weighted by Gasteiger charge is -2.36. The van der Waals surface area contributed by atoms with E-state index in [2.05, 4.69) is 10.4 Å². The number of aryl methyl sites for hydroxylation is 1. The summed E-state index contributed by atoms with van der Waals surface area (Å²) in [4.78, 5) is 29.7. The number of amides is 3. The molecule has 0 spiro atoms. The van der Waals surface area contributed by atoms with Crippen molar-refractivity contribution in [2.75, 3.05) is 33.2 Å². The van der Waals surface area contributed by atoms with Gasteiger partial charge in [0, 0.05) is 18.1 Å². The van der Waals surface area contributed by atoms with Crippen molar-refractivity contribution in [3.63, 3.8) is 0 Å². The van der Waals surface area contributed by atoms with Crippen molar-refractivity contribution in [3.8, 4) is 0 Å². The average molecular weight is 454 g/mol. The predicted molar refractivity (Wildman–Crippen MR) is 126 cm³/mol. The first-order valence-electron chi connectivity index (χ1n) is 10.8. The zero-order valence-electron chi connectivity index (χ0n) is 18.6. The summed E-state index contributed by atoms with van der Waals surface area (Å²) in [5.74, 6) is 0.0559. The number of rotatable bonds is 4. The van der Waals surface area contributed by atoms with Gasteiger partial charge in [0.1, 0.15) is 0 Å². The van der Waals surface area contributed by atoms with E-state index >= 15 is 0 Å². The largest absolute Gasteiger partial charge is 0.338 e. The van der Waals surface area contributed by atoms with Gasteiger partial charge in [-0.05, 0) is 44.2 Å². The summed E-state index contributed by atoms with van der Waals surface area (Å²) in [7, 11) is 1.94. The molecule has 2 aliphatic heterocycles. The van der Waals surface area contributed by atoms with Crippen LogP contribution in [-0.4, -0.2) is 71.7 Å². The van der Waals surface area contributed by atoms with Crippen LogP contribution in [0.4, 0.5) is 4.79 Å². The fraction of sp³-hybridized carbons (Fsp3) is 0.375. The summed E-state index contributed by atoms with van der Waals surface area (Å²) in [5, 5.41) is 9.77. The first kappa shape index (κ1) is 22.3. The van der Waals surface area contributed by atoms with E-state index in [1.807, 2.05) is 67.1 Å². The molecule has 8 heteroatoms. The Morgan fingerprint density at radius 2 is 1.81 bits per heavy atom. The third-order valence-electron chi connectivity index (χ3n) is 6.01. The lowest BCUT2D eigenvalue weighted by atomic mass is 10.0. The van der Waals surface area contributed by atoms with E-state index in [1.165, 1.54) is 5.01 Å². The van der Waals surface area contributed by atoms with E-state index in [9.17, 15) is 9.59 Å². The third kappa shape index (κ3) is 4.79. The molecule has 0 bridgehead atoms. The van der Waals surface area contributed by atoms with Crippen molar-refractivity contribution in [1.82, 2.24) is 20.1 Å². The van der Waals surface area contributed by atoms with Crippen molar-refractivity contribution >= 4 is 29.3 Å². The lowest BCUT2D eigenvalue weighted by molar-refractivity contribution is -0.136. The maximum atomic E-state index is 13.1. The SMILES string of the molecule is Cc1ccc(C2=NN(C(=O)NC(C)c3ccc(Cl)cc3)C[C@@H]2N2CCN(C)CC2=O)cc1. The molecule has 168 valence electrons. The van der Waals surface area contributed by atoms with Gasteiger partial charge in [0.25, 0.3) is 0 Å². The molecule has 0 aromatic heterocycles. The minimum atomic E-state index is -0.291. The quantitative estimate of drug-likeness (QED) is 0.772. The molecule has 1 fully saturated rings. The fourth-order valence-corrected chi connectivity index (χ4v) is 4.19. The highest BCUT2D eigenvalue weighted by atomic mass is 35.5. The van der Waals surface area contributed by atoms with Crippen LogP contribution >= 0.6 is 11.6 Å². The summed E-state index contributed by atoms with van der Waals surface area (Å²) in [6.45, 7) is 6.06. The second-order valence-corrected chi connectivity index (χ2v) is 8.93. The molecule has 32 heavy (non-hydrogen) atoms. The normalized spacial score (nSPS) is 20.3. The maximum absolute atomic E-state index is 13.1. The molecule has 0 aliphatic carbocycles. The number of urea groups is 1. The van der Waals surface area contributed by atoms with Crippen LogP contribution in [0.2, 0.25) is 5.02 Å². The number of benzene rings is 2. The average Bonchev–Trinajstić information content (AvgIpc) is 3.20. The molecule has 1 N–H and O–H groups in total. The zero-order chi connectivity index (χ0) is 22.8. The van der Waals surface area contributed by atoms with Crippen LogP contribution in [0.15, 0.2) is 53.6 Å². The molecule has 0 saturated carbocycles. The van der Waals surface area contributed by atoms with Crippen molar-refractivity contribution in [2.24, 2.45) is 5.10 Å². The fourth-order valence-electron chi connectivity index (χ4n) is 4.06. The van der Waals surface area contributed by atoms with E-state index in [0.29, 0.717) is 24.7 Å². The molecule has 0 radical (unpaired) electrons. The minimum absolute atomic E-state index is 0.0559. The molecular weight excluding hydrogens is 426 g/mol. The smallest absolute Gasteiger partial charge is 0.330 e. The Bertz CT molecular complexity index is 1020. The number of halogens is 1. The van der Waals surface area contributed by atoms with Gasteiger partial charge < -0.3 is 10.2 Å². The van der Waals surface area contributed by atoms with Crippen LogP contribution < -0.4 is 5.32 Å². The zero-order valence-corrected chi connectivity index (χ0v) is 19.3. The predicted octanol–water partition coefficient (Wildman–Crippen LogP) is 3.28. The first-order chi connectivity index (χ1) is 15.3. The van der Waals surface area contributed by atoms with Crippen molar-refractivity contribution in [2.45, 2.75) is 25.9 Å². The highest BCUT2D eigenvalue weighted by molar-refractivity contribution is 6.30. The Morgan fingerprint density at radius 1 is 1.12 bits per heavy atom. The molecule has 2 heterocycles. The van der Waals surface area contributed by atoms with E-state index in [0.717, 1.165) is 28.9 Å². The topological polar surface area (TPSA) is 68.2 Å². The molecule has 2 atom stereocenters. The Morgan fingerprint density at radius 3 is 2.47 bits per heavy atom. The van der Waals surface area contributed by atoms with Crippen LogP contribution in [0.25, 0.3) is 0 Å². The first-order valence-corrected chi connectivity index (χ1v) is 11.2. The number of carbonyl (C=O) groups is 2. The molecule has 1 unspecified atom stereocenters. The molecule has 7 nitrogen and oxygen atoms in total.